The minimum Gasteiger partial charge on any atom is -0.458 e. The van der Waals surface area contributed by atoms with Gasteiger partial charge < -0.3 is 39.6 Å². The summed E-state index contributed by atoms with van der Waals surface area (Å²) in [6.07, 6.45) is 7.72. The van der Waals surface area contributed by atoms with Crippen molar-refractivity contribution in [2.75, 3.05) is 25.1 Å². The Morgan fingerprint density at radius 3 is 2.57 bits per heavy atom. The summed E-state index contributed by atoms with van der Waals surface area (Å²) in [5, 5.41) is 50.1. The molecule has 11 nitrogen and oxygen atoms in total. The topological polar surface area (TPSA) is 154 Å². The highest BCUT2D eigenvalue weighted by Gasteiger charge is 2.83. The molecule has 1 aromatic carbocycles. The molecule has 18 atom stereocenters. The molecule has 1 spiro atoms. The summed E-state index contributed by atoms with van der Waals surface area (Å²) in [7, 11) is 2.11. The number of esters is 2. The van der Waals surface area contributed by atoms with Crippen LogP contribution in [0.25, 0.3) is 0 Å². The number of fused-ring (bicyclic) bond motifs is 7. The molecule has 11 aliphatic rings. The van der Waals surface area contributed by atoms with Gasteiger partial charge in [-0.05, 0) is 98.7 Å². The fourth-order valence-corrected chi connectivity index (χ4v) is 17.6. The smallest absolute Gasteiger partial charge is 0.362 e. The lowest BCUT2D eigenvalue weighted by atomic mass is 9.41. The number of likely N-dealkylation sites (N-methyl/N-ethyl adjacent to an activating group) is 1. The molecule has 5 bridgehead atoms. The van der Waals surface area contributed by atoms with Gasteiger partial charge in [0.05, 0.1) is 40.2 Å². The molecule has 0 amide bonds. The highest BCUT2D eigenvalue weighted by molar-refractivity contribution is 5.85. The van der Waals surface area contributed by atoms with E-state index in [4.69, 9.17) is 9.47 Å². The van der Waals surface area contributed by atoms with E-state index < -0.39 is 45.9 Å². The second-order valence-electron chi connectivity index (χ2n) is 20.6. The van der Waals surface area contributed by atoms with Crippen molar-refractivity contribution in [1.82, 2.24) is 0 Å². The lowest BCUT2D eigenvalue weighted by molar-refractivity contribution is -1.03. The van der Waals surface area contributed by atoms with E-state index in [0.717, 1.165) is 43.2 Å². The number of anilines is 1. The van der Waals surface area contributed by atoms with Crippen LogP contribution in [0.4, 0.5) is 5.69 Å². The van der Waals surface area contributed by atoms with Gasteiger partial charge in [0.25, 0.3) is 0 Å². The van der Waals surface area contributed by atoms with Crippen LogP contribution in [0.2, 0.25) is 0 Å². The Kier molecular flexibility index (Phi) is 7.42. The van der Waals surface area contributed by atoms with Crippen molar-refractivity contribution < 1.29 is 48.8 Å². The van der Waals surface area contributed by atoms with Gasteiger partial charge in [-0.1, -0.05) is 32.0 Å². The monoisotopic (exact) mass is 771 g/mol. The summed E-state index contributed by atoms with van der Waals surface area (Å²) >= 11 is 0. The van der Waals surface area contributed by atoms with Gasteiger partial charge in [-0.25, -0.2) is 9.59 Å². The van der Waals surface area contributed by atoms with E-state index in [2.05, 4.69) is 44.0 Å². The quantitative estimate of drug-likeness (QED) is 0.192. The fourth-order valence-electron chi connectivity index (χ4n) is 17.6. The van der Waals surface area contributed by atoms with E-state index in [1.54, 1.807) is 6.08 Å². The molecule has 0 unspecified atom stereocenters. The second kappa shape index (κ2) is 11.5. The first-order valence-electron chi connectivity index (χ1n) is 21.8. The van der Waals surface area contributed by atoms with Gasteiger partial charge in [-0.2, -0.15) is 0 Å². The van der Waals surface area contributed by atoms with Crippen LogP contribution in [0.5, 0.6) is 0 Å². The summed E-state index contributed by atoms with van der Waals surface area (Å²) in [4.78, 5) is 42.3. The van der Waals surface area contributed by atoms with Crippen LogP contribution in [0.3, 0.4) is 0 Å². The lowest BCUT2D eigenvalue weighted by Crippen LogP contribution is -2.83. The van der Waals surface area contributed by atoms with E-state index in [-0.39, 0.29) is 89.6 Å². The number of aldehydes is 1. The first kappa shape index (κ1) is 36.3. The van der Waals surface area contributed by atoms with Gasteiger partial charge in [0.2, 0.25) is 0 Å². The maximum absolute atomic E-state index is 14.5. The van der Waals surface area contributed by atoms with Crippen LogP contribution in [0, 0.1) is 46.3 Å². The van der Waals surface area contributed by atoms with Crippen LogP contribution < -0.4 is 4.90 Å². The average molecular weight is 772 g/mol. The minimum atomic E-state index is -1.37. The predicted molar refractivity (Wildman–Crippen MR) is 202 cm³/mol. The molecular weight excluding hydrogens is 713 g/mol. The van der Waals surface area contributed by atoms with Crippen LogP contribution in [0.15, 0.2) is 35.9 Å². The van der Waals surface area contributed by atoms with E-state index >= 15 is 0 Å². The third-order valence-corrected chi connectivity index (χ3v) is 19.6. The number of quaternary nitrogens is 1. The zero-order chi connectivity index (χ0) is 38.9. The molecule has 5 aliphatic carbocycles. The Hall–Kier alpha value is -2.83. The third-order valence-electron chi connectivity index (χ3n) is 19.6. The molecule has 1 aromatic rings. The molecule has 0 radical (unpaired) electrons. The number of benzene rings is 1. The van der Waals surface area contributed by atoms with Gasteiger partial charge in [-0.3, -0.25) is 4.48 Å². The van der Waals surface area contributed by atoms with Crippen molar-refractivity contribution in [3.8, 4) is 0 Å². The van der Waals surface area contributed by atoms with E-state index in [1.165, 1.54) is 5.56 Å². The molecule has 6 aliphatic heterocycles. The van der Waals surface area contributed by atoms with Gasteiger partial charge >= 0.3 is 11.9 Å². The molecule has 11 heteroatoms. The number of carbonyl (C=O) groups excluding carboxylic acids is 3. The number of hydrogen-bond donors (Lipinski definition) is 4. The summed E-state index contributed by atoms with van der Waals surface area (Å²) in [6.45, 7) is 4.56. The Bertz CT molecular complexity index is 1940. The average Bonchev–Trinajstić information content (AvgIpc) is 3.86. The van der Waals surface area contributed by atoms with Crippen LogP contribution in [0.1, 0.15) is 96.5 Å². The van der Waals surface area contributed by atoms with Crippen molar-refractivity contribution in [1.29, 1.82) is 0 Å². The van der Waals surface area contributed by atoms with Crippen molar-refractivity contribution in [3.63, 3.8) is 0 Å². The van der Waals surface area contributed by atoms with Gasteiger partial charge in [0.1, 0.15) is 25.0 Å². The molecule has 4 N–H and O–H groups in total. The molecule has 302 valence electrons. The van der Waals surface area contributed by atoms with Crippen LogP contribution >= 0.6 is 0 Å². The number of nitrogens with zero attached hydrogens (tertiary/aromatic N) is 2. The number of hydrogen-bond acceptors (Lipinski definition) is 10. The number of ether oxygens (including phenoxy) is 2. The van der Waals surface area contributed by atoms with Crippen LogP contribution in [-0.2, 0) is 29.3 Å². The number of aliphatic hydroxyl groups is 4. The van der Waals surface area contributed by atoms with Crippen molar-refractivity contribution in [2.45, 2.75) is 144 Å². The Morgan fingerprint density at radius 2 is 1.82 bits per heavy atom. The second-order valence-corrected chi connectivity index (χ2v) is 20.6. The minimum absolute atomic E-state index is 0.0104. The highest BCUT2D eigenvalue weighted by atomic mass is 16.5. The molecule has 12 rings (SSSR count). The number of piperidine rings is 4. The number of para-hydroxylation sites is 1. The van der Waals surface area contributed by atoms with E-state index in [1.807, 2.05) is 6.07 Å². The molecular formula is C45H59N2O9+. The van der Waals surface area contributed by atoms with Crippen molar-refractivity contribution >= 4 is 23.9 Å². The first-order chi connectivity index (χ1) is 26.7. The number of rotatable bonds is 6. The SMILES string of the molecule is CC[C@@H]1[C@H]2C[C@H]3[C@@H]4N(C)c5ccccc5[C@@]45C[C@@H]([C@@H]2[C@@H]5O)[N@+]3(CC(=O)O[C@@H]2CC[C@]3(C=O)[C@H]4CC[C@]5(C)[C@H](C6=CC(=O)OC6)CC[C@@]5(O)[C@@H]4CC[C@@]3(O)C2)[C@@H]1O. The molecule has 5 saturated carbocycles. The Morgan fingerprint density at radius 1 is 1.04 bits per heavy atom. The maximum atomic E-state index is 14.5. The zero-order valence-corrected chi connectivity index (χ0v) is 33.0. The van der Waals surface area contributed by atoms with E-state index in [0.29, 0.717) is 44.9 Å². The lowest BCUT2D eigenvalue weighted by Gasteiger charge is -2.67. The molecule has 4 saturated heterocycles. The summed E-state index contributed by atoms with van der Waals surface area (Å²) in [5.41, 5.74) is -1.04. The third kappa shape index (κ3) is 3.92. The highest BCUT2D eigenvalue weighted by Crippen LogP contribution is 2.73. The van der Waals surface area contributed by atoms with Gasteiger partial charge in [0.15, 0.2) is 12.8 Å². The fraction of sp³-hybridized carbons (Fsp3) is 0.756. The predicted octanol–water partition coefficient (Wildman–Crippen LogP) is 3.53. The maximum Gasteiger partial charge on any atom is 0.362 e. The van der Waals surface area contributed by atoms with Gasteiger partial charge in [0, 0.05) is 55.3 Å². The van der Waals surface area contributed by atoms with Crippen molar-refractivity contribution in [3.05, 3.63) is 41.5 Å². The summed E-state index contributed by atoms with van der Waals surface area (Å²) in [6, 6.07) is 8.28. The summed E-state index contributed by atoms with van der Waals surface area (Å²) in [5.74, 6) is -0.852. The first-order valence-corrected chi connectivity index (χ1v) is 21.8. The molecule has 6 heterocycles. The standard InChI is InChI=1S/C45H59N2O9/c1-4-26-27-18-33-38-44(31-7-5-6-8-32(31)46(38)3)20-34(37(27)39(44)51)47(33,40(26)52)21-36(50)56-25-9-14-42(23-48)29-10-13-41(2)28(24-17-35(49)55-22-24)12-16-45(41,54)30(29)11-15-43(42,53)19-25/h5-8,17,23,25-30,33-34,37-40,51-54H,4,9-16,18-22H2,1-3H3/q+1/t25-,26-,27-,28+,29+,30-,33+,34+,37-,38+,39+,40-,41-,42+,43-,44+,45-,47-/m1/s1. The normalized spacial score (nSPS) is 54.1. The van der Waals surface area contributed by atoms with Crippen LogP contribution in [-0.4, -0.2) is 111 Å². The summed E-state index contributed by atoms with van der Waals surface area (Å²) < 4.78 is 11.9. The largest absolute Gasteiger partial charge is 0.458 e. The molecule has 0 aromatic heterocycles. The van der Waals surface area contributed by atoms with Gasteiger partial charge in [-0.15, -0.1) is 0 Å². The Balaban J connectivity index is 0.854. The number of aliphatic hydroxyl groups excluding tert-OH is 2. The zero-order valence-electron chi connectivity index (χ0n) is 33.0. The number of cyclic esters (lactones) is 1. The van der Waals surface area contributed by atoms with E-state index in [9.17, 15) is 34.8 Å². The van der Waals surface area contributed by atoms with Crippen molar-refractivity contribution in [2.24, 2.45) is 46.3 Å². The molecule has 56 heavy (non-hydrogen) atoms. The Labute approximate surface area is 329 Å². The number of carbonyl (C=O) groups is 3. The molecule has 9 fully saturated rings.